The summed E-state index contributed by atoms with van der Waals surface area (Å²) in [7, 11) is -2.81. The maximum atomic E-state index is 2.53. The zero-order valence-corrected chi connectivity index (χ0v) is 36.7. The molecular weight excluding hydrogens is 809 g/mol. The molecule has 0 spiro atoms. The Bertz CT molecular complexity index is 3800. The van der Waals surface area contributed by atoms with Crippen LogP contribution in [0.2, 0.25) is 0 Å². The monoisotopic (exact) mass is 848 g/mol. The van der Waals surface area contributed by atoms with Crippen LogP contribution in [0.15, 0.2) is 243 Å². The standard InChI is InChI=1S/C60H40N2SSi/c1-4-20-43(21-5-1)64(44-22-6-2-7-23-44,45-24-8-3-9-25-45)46-26-16-19-42(40-46)61-53-32-13-11-28-49(53)51-31-17-34-55(60(51)61)62-54-33-14-10-27-48(54)50-38-37-41(39-56(50)62)47-30-18-36-58-59(47)52-29-12-15-35-57(52)63-58/h1-40H. The summed E-state index contributed by atoms with van der Waals surface area (Å²) in [5.41, 5.74) is 9.54. The predicted octanol–water partition coefficient (Wildman–Crippen LogP) is 13.3. The van der Waals surface area contributed by atoms with E-state index in [1.54, 1.807) is 0 Å². The van der Waals surface area contributed by atoms with E-state index in [0.29, 0.717) is 0 Å². The number of aromatic nitrogens is 2. The summed E-state index contributed by atoms with van der Waals surface area (Å²) in [4.78, 5) is 0. The molecule has 0 fully saturated rings. The molecule has 3 aromatic heterocycles. The lowest BCUT2D eigenvalue weighted by atomic mass is 9.98. The molecule has 0 unspecified atom stereocenters. The van der Waals surface area contributed by atoms with Crippen molar-refractivity contribution in [1.82, 2.24) is 9.13 Å². The van der Waals surface area contributed by atoms with E-state index in [0.717, 1.165) is 11.4 Å². The maximum Gasteiger partial charge on any atom is 0.179 e. The molecular formula is C60H40N2SSi. The van der Waals surface area contributed by atoms with Crippen LogP contribution in [0.4, 0.5) is 0 Å². The molecule has 2 nitrogen and oxygen atoms in total. The first-order valence-electron chi connectivity index (χ1n) is 22.0. The van der Waals surface area contributed by atoms with Gasteiger partial charge in [0.15, 0.2) is 8.07 Å². The fourth-order valence-electron chi connectivity index (χ4n) is 10.8. The van der Waals surface area contributed by atoms with Gasteiger partial charge in [0.05, 0.1) is 27.8 Å². The molecule has 0 aliphatic rings. The molecule has 0 saturated heterocycles. The van der Waals surface area contributed by atoms with Gasteiger partial charge in [0.2, 0.25) is 0 Å². The van der Waals surface area contributed by atoms with Gasteiger partial charge in [-0.3, -0.25) is 0 Å². The van der Waals surface area contributed by atoms with Crippen LogP contribution < -0.4 is 20.7 Å². The van der Waals surface area contributed by atoms with Crippen LogP contribution in [0.5, 0.6) is 0 Å². The third kappa shape index (κ3) is 5.43. The van der Waals surface area contributed by atoms with E-state index in [4.69, 9.17) is 0 Å². The first-order chi connectivity index (χ1) is 31.8. The number of rotatable bonds is 7. The van der Waals surface area contributed by atoms with Gasteiger partial charge in [-0.1, -0.05) is 194 Å². The maximum absolute atomic E-state index is 2.81. The summed E-state index contributed by atoms with van der Waals surface area (Å²) < 4.78 is 7.69. The number of para-hydroxylation sites is 3. The Morgan fingerprint density at radius 1 is 0.328 bits per heavy atom. The molecule has 64 heavy (non-hydrogen) atoms. The fraction of sp³-hybridized carbons (Fsp3) is 0. The lowest BCUT2D eigenvalue weighted by Crippen LogP contribution is -2.74. The Labute approximate surface area is 376 Å². The summed E-state index contributed by atoms with van der Waals surface area (Å²) in [6.07, 6.45) is 0. The van der Waals surface area contributed by atoms with E-state index in [1.807, 2.05) is 11.3 Å². The van der Waals surface area contributed by atoms with Crippen LogP contribution in [0.3, 0.4) is 0 Å². The number of benzene rings is 10. The lowest BCUT2D eigenvalue weighted by molar-refractivity contribution is 1.13. The van der Waals surface area contributed by atoms with Crippen molar-refractivity contribution in [3.63, 3.8) is 0 Å². The molecule has 0 saturated carbocycles. The Hall–Kier alpha value is -7.76. The SMILES string of the molecule is c1ccc([Si](c2ccccc2)(c2ccccc2)c2cccc(-n3c4ccccc4c4cccc(-n5c6ccccc6c6ccc(-c7cccc8sc9ccccc9c78)cc65)c43)c2)cc1. The van der Waals surface area contributed by atoms with Crippen LogP contribution in [0.1, 0.15) is 0 Å². The minimum atomic E-state index is -2.81. The van der Waals surface area contributed by atoms with Crippen molar-refractivity contribution in [2.45, 2.75) is 0 Å². The summed E-state index contributed by atoms with van der Waals surface area (Å²) in [6.45, 7) is 0. The zero-order chi connectivity index (χ0) is 42.2. The molecule has 13 aromatic rings. The molecule has 0 aliphatic heterocycles. The molecule has 0 bridgehead atoms. The molecule has 0 N–H and O–H groups in total. The summed E-state index contributed by atoms with van der Waals surface area (Å²) in [5, 5.41) is 13.0. The van der Waals surface area contributed by atoms with Gasteiger partial charge in [-0.2, -0.15) is 0 Å². The molecule has 4 heteroatoms. The fourth-order valence-corrected chi connectivity index (χ4v) is 16.7. The van der Waals surface area contributed by atoms with Gasteiger partial charge in [-0.15, -0.1) is 11.3 Å². The van der Waals surface area contributed by atoms with Gasteiger partial charge >= 0.3 is 0 Å². The Morgan fingerprint density at radius 2 is 0.844 bits per heavy atom. The highest BCUT2D eigenvalue weighted by molar-refractivity contribution is 7.26. The van der Waals surface area contributed by atoms with Gasteiger partial charge in [0, 0.05) is 47.4 Å². The van der Waals surface area contributed by atoms with E-state index >= 15 is 0 Å². The van der Waals surface area contributed by atoms with Gasteiger partial charge in [-0.05, 0) is 80.4 Å². The van der Waals surface area contributed by atoms with Crippen LogP contribution in [-0.2, 0) is 0 Å². The Morgan fingerprint density at radius 3 is 1.55 bits per heavy atom. The second kappa shape index (κ2) is 14.7. The van der Waals surface area contributed by atoms with Gasteiger partial charge in [-0.25, -0.2) is 0 Å². The van der Waals surface area contributed by atoms with E-state index in [-0.39, 0.29) is 0 Å². The Kier molecular flexibility index (Phi) is 8.45. The topological polar surface area (TPSA) is 9.86 Å². The van der Waals surface area contributed by atoms with Gasteiger partial charge in [0.25, 0.3) is 0 Å². The molecule has 10 aromatic carbocycles. The summed E-state index contributed by atoms with van der Waals surface area (Å²) >= 11 is 1.87. The van der Waals surface area contributed by atoms with Crippen LogP contribution in [-0.4, -0.2) is 17.2 Å². The molecule has 13 rings (SSSR count). The van der Waals surface area contributed by atoms with Crippen molar-refractivity contribution in [3.8, 4) is 22.5 Å². The quantitative estimate of drug-likeness (QED) is 0.112. The van der Waals surface area contributed by atoms with Crippen molar-refractivity contribution in [3.05, 3.63) is 243 Å². The minimum Gasteiger partial charge on any atom is -0.307 e. The van der Waals surface area contributed by atoms with E-state index in [1.165, 1.54) is 95.7 Å². The number of thiophene rings is 1. The average molecular weight is 849 g/mol. The van der Waals surface area contributed by atoms with Crippen LogP contribution in [0.25, 0.3) is 86.3 Å². The summed E-state index contributed by atoms with van der Waals surface area (Å²) in [5.74, 6) is 0. The van der Waals surface area contributed by atoms with E-state index in [2.05, 4.69) is 252 Å². The summed E-state index contributed by atoms with van der Waals surface area (Å²) in [6, 6.07) is 90.5. The minimum absolute atomic E-state index is 1.15. The highest BCUT2D eigenvalue weighted by Gasteiger charge is 2.41. The van der Waals surface area contributed by atoms with Crippen molar-refractivity contribution in [1.29, 1.82) is 0 Å². The number of hydrogen-bond acceptors (Lipinski definition) is 1. The third-order valence-corrected chi connectivity index (χ3v) is 19.4. The second-order valence-electron chi connectivity index (χ2n) is 16.8. The van der Waals surface area contributed by atoms with Crippen molar-refractivity contribution in [2.75, 3.05) is 0 Å². The molecule has 3 heterocycles. The number of nitrogens with zero attached hydrogens (tertiary/aromatic N) is 2. The predicted molar refractivity (Wildman–Crippen MR) is 277 cm³/mol. The van der Waals surface area contributed by atoms with Crippen LogP contribution >= 0.6 is 11.3 Å². The number of hydrogen-bond donors (Lipinski definition) is 0. The smallest absolute Gasteiger partial charge is 0.179 e. The normalized spacial score (nSPS) is 12.1. The second-order valence-corrected chi connectivity index (χ2v) is 21.7. The molecule has 0 atom stereocenters. The zero-order valence-electron chi connectivity index (χ0n) is 34.9. The molecule has 300 valence electrons. The van der Waals surface area contributed by atoms with Crippen molar-refractivity contribution in [2.24, 2.45) is 0 Å². The molecule has 0 aliphatic carbocycles. The third-order valence-electron chi connectivity index (χ3n) is 13.5. The Balaban J connectivity index is 1.10. The van der Waals surface area contributed by atoms with Gasteiger partial charge in [0.1, 0.15) is 0 Å². The van der Waals surface area contributed by atoms with E-state index < -0.39 is 8.07 Å². The number of fused-ring (bicyclic) bond motifs is 9. The van der Waals surface area contributed by atoms with E-state index in [9.17, 15) is 0 Å². The highest BCUT2D eigenvalue weighted by Crippen LogP contribution is 2.43. The first-order valence-corrected chi connectivity index (χ1v) is 24.8. The first kappa shape index (κ1) is 36.9. The van der Waals surface area contributed by atoms with Crippen LogP contribution in [0, 0.1) is 0 Å². The van der Waals surface area contributed by atoms with Crippen molar-refractivity contribution < 1.29 is 0 Å². The average Bonchev–Trinajstić information content (AvgIpc) is 4.03. The van der Waals surface area contributed by atoms with Gasteiger partial charge < -0.3 is 9.13 Å². The largest absolute Gasteiger partial charge is 0.307 e. The van der Waals surface area contributed by atoms with Crippen molar-refractivity contribution >= 4 is 104 Å². The molecule has 0 amide bonds. The molecule has 0 radical (unpaired) electrons. The lowest BCUT2D eigenvalue weighted by Gasteiger charge is -2.34. The highest BCUT2D eigenvalue weighted by atomic mass is 32.1.